The Hall–Kier alpha value is -4.32. The summed E-state index contributed by atoms with van der Waals surface area (Å²) in [6.45, 7) is 3.43. The first kappa shape index (κ1) is 22.4. The van der Waals surface area contributed by atoms with Crippen molar-refractivity contribution in [3.63, 3.8) is 0 Å². The van der Waals surface area contributed by atoms with Crippen LogP contribution in [0.15, 0.2) is 42.7 Å². The summed E-state index contributed by atoms with van der Waals surface area (Å²) in [4.78, 5) is 39.2. The van der Waals surface area contributed by atoms with Crippen molar-refractivity contribution in [1.82, 2.24) is 20.3 Å². The van der Waals surface area contributed by atoms with Crippen LogP contribution in [0.4, 0.5) is 5.82 Å². The average Bonchev–Trinajstić information content (AvgIpc) is 2.82. The largest absolute Gasteiger partial charge is 0.493 e. The number of hydrogen-bond donors (Lipinski definition) is 1. The number of carbonyl (C=O) groups excluding carboxylic acids is 2. The monoisotopic (exact) mass is 430 g/mol. The molecule has 0 fully saturated rings. The predicted octanol–water partition coefficient (Wildman–Crippen LogP) is 2.43. The molecule has 0 radical (unpaired) electrons. The Labute approximate surface area is 185 Å². The highest BCUT2D eigenvalue weighted by Gasteiger charge is 2.19. The Morgan fingerprint density at radius 2 is 1.88 bits per heavy atom. The zero-order valence-electron chi connectivity index (χ0n) is 18.2. The van der Waals surface area contributed by atoms with Crippen molar-refractivity contribution < 1.29 is 14.3 Å². The number of benzene rings is 1. The van der Waals surface area contributed by atoms with E-state index in [9.17, 15) is 9.59 Å². The van der Waals surface area contributed by atoms with Gasteiger partial charge in [0.25, 0.3) is 5.91 Å². The van der Waals surface area contributed by atoms with Gasteiger partial charge in [-0.1, -0.05) is 12.1 Å². The van der Waals surface area contributed by atoms with Gasteiger partial charge in [0.1, 0.15) is 0 Å². The summed E-state index contributed by atoms with van der Waals surface area (Å²) >= 11 is 0. The van der Waals surface area contributed by atoms with Crippen molar-refractivity contribution in [2.75, 3.05) is 25.6 Å². The molecule has 0 aliphatic rings. The van der Waals surface area contributed by atoms with Gasteiger partial charge >= 0.3 is 0 Å². The van der Waals surface area contributed by atoms with E-state index in [-0.39, 0.29) is 18.3 Å². The lowest BCUT2D eigenvalue weighted by Gasteiger charge is -2.19. The lowest BCUT2D eigenvalue weighted by Crippen LogP contribution is -2.39. The SMILES string of the molecule is COc1cc(C)cnc1N(C)C(=O)CNC(=O)c1ncc(C)c(-c2ccc(C#N)cc2)n1. The third-order valence-electron chi connectivity index (χ3n) is 4.74. The van der Waals surface area contributed by atoms with Gasteiger partial charge in [-0.2, -0.15) is 5.26 Å². The van der Waals surface area contributed by atoms with Gasteiger partial charge in [0.2, 0.25) is 11.7 Å². The van der Waals surface area contributed by atoms with Crippen LogP contribution in [-0.4, -0.2) is 47.5 Å². The molecule has 1 N–H and O–H groups in total. The number of aryl methyl sites for hydroxylation is 2. The second-order valence-electron chi connectivity index (χ2n) is 7.09. The van der Waals surface area contributed by atoms with Crippen LogP contribution in [0.3, 0.4) is 0 Å². The minimum Gasteiger partial charge on any atom is -0.493 e. The lowest BCUT2D eigenvalue weighted by atomic mass is 10.1. The van der Waals surface area contributed by atoms with Crippen molar-refractivity contribution in [3.8, 4) is 23.1 Å². The summed E-state index contributed by atoms with van der Waals surface area (Å²) in [6.07, 6.45) is 3.18. The van der Waals surface area contributed by atoms with Crippen molar-refractivity contribution in [3.05, 3.63) is 65.2 Å². The Kier molecular flexibility index (Phi) is 6.75. The van der Waals surface area contributed by atoms with Crippen LogP contribution in [0.5, 0.6) is 5.75 Å². The van der Waals surface area contributed by atoms with E-state index in [0.29, 0.717) is 22.8 Å². The average molecular weight is 430 g/mol. The van der Waals surface area contributed by atoms with Gasteiger partial charge in [0.05, 0.1) is 31.0 Å². The molecule has 0 saturated carbocycles. The number of anilines is 1. The number of hydrogen-bond acceptors (Lipinski definition) is 7. The molecule has 3 aromatic rings. The number of nitrogens with one attached hydrogen (secondary N) is 1. The number of ether oxygens (including phenoxy) is 1. The third-order valence-corrected chi connectivity index (χ3v) is 4.74. The highest BCUT2D eigenvalue weighted by molar-refractivity contribution is 5.99. The zero-order valence-corrected chi connectivity index (χ0v) is 18.2. The Morgan fingerprint density at radius 3 is 2.53 bits per heavy atom. The topological polar surface area (TPSA) is 121 Å². The molecular weight excluding hydrogens is 408 g/mol. The molecule has 32 heavy (non-hydrogen) atoms. The van der Waals surface area contributed by atoms with Gasteiger partial charge in [-0.05, 0) is 43.2 Å². The molecule has 0 atom stereocenters. The van der Waals surface area contributed by atoms with Crippen LogP contribution in [0.25, 0.3) is 11.3 Å². The molecule has 0 aliphatic carbocycles. The lowest BCUT2D eigenvalue weighted by molar-refractivity contribution is -0.117. The minimum atomic E-state index is -0.578. The van der Waals surface area contributed by atoms with E-state index >= 15 is 0 Å². The van der Waals surface area contributed by atoms with E-state index in [1.165, 1.54) is 12.0 Å². The summed E-state index contributed by atoms with van der Waals surface area (Å²) in [5, 5.41) is 11.5. The molecule has 2 aromatic heterocycles. The highest BCUT2D eigenvalue weighted by atomic mass is 16.5. The summed E-state index contributed by atoms with van der Waals surface area (Å²) in [5.74, 6) is -0.206. The molecule has 9 nitrogen and oxygen atoms in total. The Bertz CT molecular complexity index is 1200. The Morgan fingerprint density at radius 1 is 1.16 bits per heavy atom. The number of aromatic nitrogens is 3. The molecule has 0 aliphatic heterocycles. The van der Waals surface area contributed by atoms with Gasteiger partial charge in [-0.15, -0.1) is 0 Å². The van der Waals surface area contributed by atoms with E-state index in [0.717, 1.165) is 16.7 Å². The fourth-order valence-corrected chi connectivity index (χ4v) is 2.96. The standard InChI is InChI=1S/C23H22N6O3/c1-14-9-18(32-4)22(26-11-14)29(3)19(30)13-27-23(31)21-25-12-15(2)20(28-21)17-7-5-16(10-24)6-8-17/h5-9,11-12H,13H2,1-4H3,(H,27,31). The van der Waals surface area contributed by atoms with Gasteiger partial charge in [-0.25, -0.2) is 15.0 Å². The number of pyridine rings is 1. The van der Waals surface area contributed by atoms with Crippen LogP contribution in [0, 0.1) is 25.2 Å². The second-order valence-corrected chi connectivity index (χ2v) is 7.09. The van der Waals surface area contributed by atoms with Crippen LogP contribution in [-0.2, 0) is 4.79 Å². The van der Waals surface area contributed by atoms with Gasteiger partial charge in [-0.3, -0.25) is 14.5 Å². The fraction of sp³-hybridized carbons (Fsp3) is 0.217. The van der Waals surface area contributed by atoms with Gasteiger partial charge in [0.15, 0.2) is 11.6 Å². The molecule has 2 heterocycles. The molecular formula is C23H22N6O3. The van der Waals surface area contributed by atoms with E-state index in [2.05, 4.69) is 26.3 Å². The zero-order chi connectivity index (χ0) is 23.3. The first-order valence-corrected chi connectivity index (χ1v) is 9.73. The van der Waals surface area contributed by atoms with Crippen molar-refractivity contribution in [2.24, 2.45) is 0 Å². The molecule has 0 bridgehead atoms. The highest BCUT2D eigenvalue weighted by Crippen LogP contribution is 2.25. The number of nitriles is 1. The number of carbonyl (C=O) groups is 2. The number of nitrogens with zero attached hydrogens (tertiary/aromatic N) is 5. The summed E-state index contributed by atoms with van der Waals surface area (Å²) in [5.41, 5.74) is 3.53. The maximum atomic E-state index is 12.6. The number of rotatable bonds is 6. The molecule has 162 valence electrons. The summed E-state index contributed by atoms with van der Waals surface area (Å²) in [7, 11) is 3.06. The van der Waals surface area contributed by atoms with E-state index in [1.807, 2.05) is 13.8 Å². The molecule has 1 aromatic carbocycles. The van der Waals surface area contributed by atoms with Crippen LogP contribution < -0.4 is 15.0 Å². The summed E-state index contributed by atoms with van der Waals surface area (Å²) < 4.78 is 5.29. The number of methoxy groups -OCH3 is 1. The quantitative estimate of drug-likeness (QED) is 0.637. The maximum absolute atomic E-state index is 12.6. The molecule has 2 amide bonds. The second kappa shape index (κ2) is 9.66. The maximum Gasteiger partial charge on any atom is 0.289 e. The summed E-state index contributed by atoms with van der Waals surface area (Å²) in [6, 6.07) is 10.7. The Balaban J connectivity index is 1.72. The van der Waals surface area contributed by atoms with E-state index < -0.39 is 5.91 Å². The van der Waals surface area contributed by atoms with Crippen molar-refractivity contribution >= 4 is 17.6 Å². The van der Waals surface area contributed by atoms with Crippen molar-refractivity contribution in [1.29, 1.82) is 5.26 Å². The number of likely N-dealkylation sites (N-methyl/N-ethyl adjacent to an activating group) is 1. The molecule has 9 heteroatoms. The minimum absolute atomic E-state index is 0.0588. The predicted molar refractivity (Wildman–Crippen MR) is 118 cm³/mol. The normalized spacial score (nSPS) is 10.2. The number of amides is 2. The van der Waals surface area contributed by atoms with Gasteiger partial charge < -0.3 is 10.1 Å². The third kappa shape index (κ3) is 4.87. The first-order chi connectivity index (χ1) is 15.3. The molecule has 3 rings (SSSR count). The van der Waals surface area contributed by atoms with E-state index in [1.54, 1.807) is 49.8 Å². The molecule has 0 spiro atoms. The smallest absolute Gasteiger partial charge is 0.289 e. The van der Waals surface area contributed by atoms with E-state index in [4.69, 9.17) is 10.00 Å². The first-order valence-electron chi connectivity index (χ1n) is 9.73. The molecule has 0 saturated heterocycles. The van der Waals surface area contributed by atoms with Crippen LogP contribution in [0.1, 0.15) is 27.3 Å². The van der Waals surface area contributed by atoms with Crippen molar-refractivity contribution in [2.45, 2.75) is 13.8 Å². The van der Waals surface area contributed by atoms with Gasteiger partial charge in [0, 0.05) is 25.0 Å². The molecule has 0 unspecified atom stereocenters. The fourth-order valence-electron chi connectivity index (χ4n) is 2.96. The van der Waals surface area contributed by atoms with Crippen LogP contribution in [0.2, 0.25) is 0 Å². The van der Waals surface area contributed by atoms with Crippen LogP contribution >= 0.6 is 0 Å².